The van der Waals surface area contributed by atoms with Crippen LogP contribution in [0.1, 0.15) is 28.2 Å². The Morgan fingerprint density at radius 1 is 1.14 bits per heavy atom. The molecule has 0 aliphatic heterocycles. The van der Waals surface area contributed by atoms with E-state index in [1.807, 2.05) is 55.5 Å². The standard InChI is InChI=1S/C21H20BrN3O3S/c1-14-12-17(28-25-14)13-29-19-5-3-2-4-18(19)21(27)23-11-10-20(26)24-16-8-6-15(22)7-9-16/h2-9,12H,10-11,13H2,1H3,(H,23,27)(H,24,26). The molecule has 29 heavy (non-hydrogen) atoms. The molecule has 2 amide bonds. The number of aromatic nitrogens is 1. The number of hydrogen-bond donors (Lipinski definition) is 2. The van der Waals surface area contributed by atoms with Crippen LogP contribution < -0.4 is 10.6 Å². The van der Waals surface area contributed by atoms with Crippen molar-refractivity contribution < 1.29 is 14.1 Å². The molecule has 0 aliphatic rings. The van der Waals surface area contributed by atoms with Crippen LogP contribution >= 0.6 is 27.7 Å². The molecule has 2 N–H and O–H groups in total. The molecule has 0 radical (unpaired) electrons. The first-order chi connectivity index (χ1) is 14.0. The number of benzene rings is 2. The fraction of sp³-hybridized carbons (Fsp3) is 0.190. The van der Waals surface area contributed by atoms with Gasteiger partial charge in [0.05, 0.1) is 17.0 Å². The van der Waals surface area contributed by atoms with E-state index in [0.29, 0.717) is 17.0 Å². The van der Waals surface area contributed by atoms with Gasteiger partial charge in [-0.15, -0.1) is 11.8 Å². The van der Waals surface area contributed by atoms with E-state index in [4.69, 9.17) is 4.52 Å². The van der Waals surface area contributed by atoms with Crippen molar-refractivity contribution >= 4 is 45.2 Å². The summed E-state index contributed by atoms with van der Waals surface area (Å²) in [6, 6.07) is 16.6. The Balaban J connectivity index is 1.50. The summed E-state index contributed by atoms with van der Waals surface area (Å²) in [5.74, 6) is 0.974. The summed E-state index contributed by atoms with van der Waals surface area (Å²) in [5.41, 5.74) is 2.11. The third-order valence-corrected chi connectivity index (χ3v) is 5.57. The van der Waals surface area contributed by atoms with Crippen molar-refractivity contribution in [2.75, 3.05) is 11.9 Å². The number of hydrogen-bond acceptors (Lipinski definition) is 5. The molecular weight excluding hydrogens is 454 g/mol. The highest BCUT2D eigenvalue weighted by molar-refractivity contribution is 9.10. The van der Waals surface area contributed by atoms with E-state index < -0.39 is 0 Å². The highest BCUT2D eigenvalue weighted by Gasteiger charge is 2.13. The predicted molar refractivity (Wildman–Crippen MR) is 117 cm³/mol. The molecule has 2 aromatic carbocycles. The number of anilines is 1. The first kappa shape index (κ1) is 21.1. The summed E-state index contributed by atoms with van der Waals surface area (Å²) in [5, 5.41) is 9.48. The highest BCUT2D eigenvalue weighted by Crippen LogP contribution is 2.26. The predicted octanol–water partition coefficient (Wildman–Crippen LogP) is 4.80. The van der Waals surface area contributed by atoms with Crippen molar-refractivity contribution in [3.8, 4) is 0 Å². The summed E-state index contributed by atoms with van der Waals surface area (Å²) in [4.78, 5) is 25.5. The number of nitrogens with one attached hydrogen (secondary N) is 2. The number of rotatable bonds is 8. The minimum absolute atomic E-state index is 0.157. The first-order valence-electron chi connectivity index (χ1n) is 8.99. The number of amides is 2. The van der Waals surface area contributed by atoms with Gasteiger partial charge in [-0.1, -0.05) is 33.2 Å². The van der Waals surface area contributed by atoms with Crippen LogP contribution in [0.15, 0.2) is 68.5 Å². The zero-order chi connectivity index (χ0) is 20.6. The fourth-order valence-corrected chi connectivity index (χ4v) is 3.74. The molecule has 0 fully saturated rings. The van der Waals surface area contributed by atoms with Crippen LogP contribution in [-0.2, 0) is 10.5 Å². The Morgan fingerprint density at radius 3 is 2.62 bits per heavy atom. The molecule has 150 valence electrons. The summed E-state index contributed by atoms with van der Waals surface area (Å²) in [7, 11) is 0. The van der Waals surface area contributed by atoms with E-state index in [0.717, 1.165) is 20.8 Å². The SMILES string of the molecule is Cc1cc(CSc2ccccc2C(=O)NCCC(=O)Nc2ccc(Br)cc2)on1. The second-order valence-corrected chi connectivity index (χ2v) is 8.21. The van der Waals surface area contributed by atoms with E-state index in [2.05, 4.69) is 31.7 Å². The maximum atomic E-state index is 12.6. The van der Waals surface area contributed by atoms with E-state index in [9.17, 15) is 9.59 Å². The lowest BCUT2D eigenvalue weighted by atomic mass is 10.2. The molecule has 1 aromatic heterocycles. The minimum atomic E-state index is -0.210. The number of halogens is 1. The molecule has 0 atom stereocenters. The van der Waals surface area contributed by atoms with Crippen molar-refractivity contribution in [1.29, 1.82) is 0 Å². The van der Waals surface area contributed by atoms with Crippen LogP contribution in [0.5, 0.6) is 0 Å². The van der Waals surface area contributed by atoms with Gasteiger partial charge in [0, 0.05) is 34.1 Å². The molecule has 0 saturated heterocycles. The third-order valence-electron chi connectivity index (χ3n) is 3.94. The number of thioether (sulfide) groups is 1. The van der Waals surface area contributed by atoms with Gasteiger partial charge in [0.15, 0.2) is 0 Å². The number of nitrogens with zero attached hydrogens (tertiary/aromatic N) is 1. The van der Waals surface area contributed by atoms with Gasteiger partial charge in [0.25, 0.3) is 5.91 Å². The summed E-state index contributed by atoms with van der Waals surface area (Å²) >= 11 is 4.86. The lowest BCUT2D eigenvalue weighted by Crippen LogP contribution is -2.28. The molecule has 1 heterocycles. The maximum absolute atomic E-state index is 12.6. The number of carbonyl (C=O) groups excluding carboxylic acids is 2. The molecule has 3 rings (SSSR count). The summed E-state index contributed by atoms with van der Waals surface area (Å²) in [6.07, 6.45) is 0.189. The number of carbonyl (C=O) groups is 2. The second-order valence-electron chi connectivity index (χ2n) is 6.28. The van der Waals surface area contributed by atoms with Crippen molar-refractivity contribution in [2.45, 2.75) is 24.0 Å². The largest absolute Gasteiger partial charge is 0.360 e. The van der Waals surface area contributed by atoms with Gasteiger partial charge in [0.2, 0.25) is 5.91 Å². The van der Waals surface area contributed by atoms with Gasteiger partial charge in [-0.25, -0.2) is 0 Å². The molecule has 6 nitrogen and oxygen atoms in total. The average molecular weight is 474 g/mol. The van der Waals surface area contributed by atoms with E-state index >= 15 is 0 Å². The Bertz CT molecular complexity index is 989. The zero-order valence-corrected chi connectivity index (χ0v) is 18.2. The highest BCUT2D eigenvalue weighted by atomic mass is 79.9. The molecule has 8 heteroatoms. The average Bonchev–Trinajstić information content (AvgIpc) is 3.13. The van der Waals surface area contributed by atoms with Crippen molar-refractivity contribution in [3.63, 3.8) is 0 Å². The summed E-state index contributed by atoms with van der Waals surface area (Å²) < 4.78 is 6.16. The van der Waals surface area contributed by atoms with Crippen LogP contribution in [0, 0.1) is 6.92 Å². The van der Waals surface area contributed by atoms with Crippen molar-refractivity contribution in [1.82, 2.24) is 10.5 Å². The maximum Gasteiger partial charge on any atom is 0.252 e. The van der Waals surface area contributed by atoms with Gasteiger partial charge in [-0.05, 0) is 43.3 Å². The fourth-order valence-electron chi connectivity index (χ4n) is 2.55. The van der Waals surface area contributed by atoms with Crippen LogP contribution in [0.25, 0.3) is 0 Å². The van der Waals surface area contributed by atoms with Crippen LogP contribution in [0.2, 0.25) is 0 Å². The molecule has 0 saturated carbocycles. The third kappa shape index (κ3) is 6.47. The Kier molecular flexibility index (Phi) is 7.48. The molecule has 0 aliphatic carbocycles. The van der Waals surface area contributed by atoms with Crippen LogP contribution in [-0.4, -0.2) is 23.5 Å². The van der Waals surface area contributed by atoms with Gasteiger partial charge in [-0.2, -0.15) is 0 Å². The van der Waals surface area contributed by atoms with Gasteiger partial charge >= 0.3 is 0 Å². The lowest BCUT2D eigenvalue weighted by Gasteiger charge is -2.10. The van der Waals surface area contributed by atoms with E-state index in [1.165, 1.54) is 11.8 Å². The number of aryl methyl sites for hydroxylation is 1. The van der Waals surface area contributed by atoms with E-state index in [1.54, 1.807) is 6.07 Å². The quantitative estimate of drug-likeness (QED) is 0.459. The molecule has 3 aromatic rings. The minimum Gasteiger partial charge on any atom is -0.360 e. The first-order valence-corrected chi connectivity index (χ1v) is 10.8. The smallest absolute Gasteiger partial charge is 0.252 e. The normalized spacial score (nSPS) is 10.6. The topological polar surface area (TPSA) is 84.2 Å². The Hall–Kier alpha value is -2.58. The lowest BCUT2D eigenvalue weighted by molar-refractivity contribution is -0.116. The van der Waals surface area contributed by atoms with Gasteiger partial charge in [0.1, 0.15) is 5.76 Å². The molecule has 0 unspecified atom stereocenters. The Labute approximate surface area is 181 Å². The van der Waals surface area contributed by atoms with E-state index in [-0.39, 0.29) is 24.8 Å². The van der Waals surface area contributed by atoms with Crippen molar-refractivity contribution in [3.05, 3.63) is 76.1 Å². The van der Waals surface area contributed by atoms with Gasteiger partial charge in [-0.3, -0.25) is 9.59 Å². The van der Waals surface area contributed by atoms with Gasteiger partial charge < -0.3 is 15.2 Å². The molecule has 0 bridgehead atoms. The molecule has 0 spiro atoms. The van der Waals surface area contributed by atoms with Crippen molar-refractivity contribution in [2.24, 2.45) is 0 Å². The summed E-state index contributed by atoms with van der Waals surface area (Å²) in [6.45, 7) is 2.12. The van der Waals surface area contributed by atoms with Crippen LogP contribution in [0.4, 0.5) is 5.69 Å². The monoisotopic (exact) mass is 473 g/mol. The van der Waals surface area contributed by atoms with Crippen LogP contribution in [0.3, 0.4) is 0 Å². The second kappa shape index (κ2) is 10.3. The molecular formula is C21H20BrN3O3S. The zero-order valence-electron chi connectivity index (χ0n) is 15.8. The Morgan fingerprint density at radius 2 is 1.90 bits per heavy atom.